The van der Waals surface area contributed by atoms with Crippen LogP contribution in [0.15, 0.2) is 19.0 Å². The summed E-state index contributed by atoms with van der Waals surface area (Å²) in [6.45, 7) is -9.01. The third-order valence-electron chi connectivity index (χ3n) is 7.93. The van der Waals surface area contributed by atoms with Crippen molar-refractivity contribution in [2.45, 2.75) is 61.8 Å². The summed E-state index contributed by atoms with van der Waals surface area (Å²) in [5.41, 5.74) is 12.5. The summed E-state index contributed by atoms with van der Waals surface area (Å²) in [4.78, 5) is 20.4. The highest BCUT2D eigenvalue weighted by Crippen LogP contribution is 2.62. The van der Waals surface area contributed by atoms with Crippen molar-refractivity contribution in [1.82, 2.24) is 39.3 Å². The number of imidazole rings is 1. The average Bonchev–Trinajstić information content (AvgIpc) is 3.74. The van der Waals surface area contributed by atoms with Crippen LogP contribution in [-0.4, -0.2) is 94.8 Å². The molecule has 3 aliphatic rings. The fourth-order valence-electron chi connectivity index (χ4n) is 5.92. The topological polar surface area (TPSA) is 249 Å². The van der Waals surface area contributed by atoms with Crippen LogP contribution >= 0.6 is 38.1 Å². The normalized spacial score (nSPS) is 37.1. The number of methoxy groups -OCH3 is 1. The Labute approximate surface area is 268 Å². The maximum absolute atomic E-state index is 16.2. The average molecular weight is 721 g/mol. The lowest BCUT2D eigenvalue weighted by atomic mass is 10.1. The number of thiol groups is 2. The number of nitrogen functional groups attached to an aromatic ring is 2. The number of nitrogens with two attached hydrogens (primary N) is 2. The smallest absolute Gasteiger partial charge is 0.386 e. The molecular formula is C22H27FN10O9P2S2. The molecule has 10 atom stereocenters. The Morgan fingerprint density at radius 3 is 2.48 bits per heavy atom. The van der Waals surface area contributed by atoms with Crippen molar-refractivity contribution in [2.24, 2.45) is 0 Å². The van der Waals surface area contributed by atoms with Crippen LogP contribution in [0, 0.1) is 0 Å². The van der Waals surface area contributed by atoms with Crippen LogP contribution in [0.5, 0.6) is 5.88 Å². The number of aromatic nitrogens is 8. The summed E-state index contributed by atoms with van der Waals surface area (Å²) in [7, 11) is 1.37. The van der Waals surface area contributed by atoms with Gasteiger partial charge in [-0.3, -0.25) is 18.1 Å². The zero-order valence-corrected chi connectivity index (χ0v) is 27.2. The first-order valence-electron chi connectivity index (χ1n) is 13.7. The van der Waals surface area contributed by atoms with Crippen molar-refractivity contribution in [3.8, 4) is 5.88 Å². The van der Waals surface area contributed by atoms with Crippen molar-refractivity contribution < 1.29 is 46.2 Å². The number of ether oxygens (including phenoxy) is 2. The van der Waals surface area contributed by atoms with Gasteiger partial charge in [0.2, 0.25) is 5.88 Å². The second-order valence-corrected chi connectivity index (χ2v) is 16.3. The van der Waals surface area contributed by atoms with Gasteiger partial charge in [-0.25, -0.2) is 43.1 Å². The van der Waals surface area contributed by atoms with Gasteiger partial charge in [-0.1, -0.05) is 24.5 Å². The van der Waals surface area contributed by atoms with Crippen molar-refractivity contribution in [2.75, 3.05) is 25.2 Å². The minimum atomic E-state index is -4.45. The molecule has 24 heteroatoms. The fraction of sp³-hybridized carbons (Fsp3) is 0.545. The fourth-order valence-corrected chi connectivity index (χ4v) is 9.31. The second-order valence-electron chi connectivity index (χ2n) is 10.6. The lowest BCUT2D eigenvalue weighted by molar-refractivity contribution is -0.0298. The molecule has 19 nitrogen and oxygen atoms in total. The van der Waals surface area contributed by atoms with Crippen molar-refractivity contribution in [1.29, 1.82) is 0 Å². The monoisotopic (exact) mass is 720 g/mol. The van der Waals surface area contributed by atoms with Gasteiger partial charge in [0.15, 0.2) is 29.5 Å². The molecule has 0 aromatic carbocycles. The molecule has 2 saturated heterocycles. The molecule has 2 unspecified atom stereocenters. The predicted octanol–water partition coefficient (Wildman–Crippen LogP) is 2.03. The molecule has 3 fully saturated rings. The molecule has 7 rings (SSSR count). The molecule has 0 spiro atoms. The van der Waals surface area contributed by atoms with Gasteiger partial charge < -0.3 is 30.6 Å². The first-order chi connectivity index (χ1) is 21.9. The van der Waals surface area contributed by atoms with E-state index in [1.807, 2.05) is 0 Å². The SMILES string of the molecule is COc1nn([C@@H]2C[C@@H]3OP(=O)(S)O[C@H]4[C@@H](F)[C@H](n5cnc6c(N)ncnc65)O[C@@H]4CCOP(=O)(S)O[C@@H]2[C@@H]3O)c2ncnc(N)c12. The van der Waals surface area contributed by atoms with E-state index < -0.39 is 62.6 Å². The Morgan fingerprint density at radius 2 is 1.72 bits per heavy atom. The molecule has 46 heavy (non-hydrogen) atoms. The zero-order chi connectivity index (χ0) is 32.5. The Balaban J connectivity index is 1.22. The number of aliphatic hydroxyl groups excluding tert-OH is 1. The van der Waals surface area contributed by atoms with E-state index in [2.05, 4.69) is 54.5 Å². The third-order valence-corrected chi connectivity index (χ3v) is 11.2. The molecule has 6 heterocycles. The van der Waals surface area contributed by atoms with Gasteiger partial charge in [-0.15, -0.1) is 5.10 Å². The maximum atomic E-state index is 16.2. The van der Waals surface area contributed by atoms with Crippen LogP contribution < -0.4 is 16.2 Å². The number of alkyl halides is 1. The molecule has 2 aliphatic heterocycles. The Bertz CT molecular complexity index is 1910. The number of anilines is 2. The van der Waals surface area contributed by atoms with Gasteiger partial charge in [-0.05, 0) is 0 Å². The molecule has 2 bridgehead atoms. The van der Waals surface area contributed by atoms with Gasteiger partial charge in [0.25, 0.3) is 0 Å². The van der Waals surface area contributed by atoms with E-state index in [1.165, 1.54) is 35.3 Å². The molecular weight excluding hydrogens is 693 g/mol. The van der Waals surface area contributed by atoms with Crippen molar-refractivity contribution >= 4 is 71.9 Å². The van der Waals surface area contributed by atoms with Gasteiger partial charge in [-0.2, -0.15) is 0 Å². The van der Waals surface area contributed by atoms with E-state index in [9.17, 15) is 14.2 Å². The molecule has 4 aromatic rings. The number of rotatable bonds is 3. The summed E-state index contributed by atoms with van der Waals surface area (Å²) >= 11 is 8.24. The summed E-state index contributed by atoms with van der Waals surface area (Å²) < 4.78 is 80.0. The number of hydrogen-bond donors (Lipinski definition) is 5. The first kappa shape index (κ1) is 31.9. The Morgan fingerprint density at radius 1 is 1.00 bits per heavy atom. The van der Waals surface area contributed by atoms with E-state index >= 15 is 4.39 Å². The van der Waals surface area contributed by atoms with Crippen molar-refractivity contribution in [3.05, 3.63) is 19.0 Å². The number of halogens is 1. The molecule has 5 N–H and O–H groups in total. The van der Waals surface area contributed by atoms with Crippen LogP contribution in [0.2, 0.25) is 0 Å². The molecule has 4 aromatic heterocycles. The lowest BCUT2D eigenvalue weighted by Gasteiger charge is -2.26. The van der Waals surface area contributed by atoms with E-state index in [0.29, 0.717) is 0 Å². The zero-order valence-electron chi connectivity index (χ0n) is 23.6. The first-order valence-corrected chi connectivity index (χ1v) is 19.0. The van der Waals surface area contributed by atoms with Crippen LogP contribution in [0.1, 0.15) is 25.1 Å². The summed E-state index contributed by atoms with van der Waals surface area (Å²) in [5, 5.41) is 16.0. The highest BCUT2D eigenvalue weighted by molar-refractivity contribution is 8.44. The van der Waals surface area contributed by atoms with Gasteiger partial charge in [0, 0.05) is 12.8 Å². The number of hydrogen-bond acceptors (Lipinski definition) is 17. The van der Waals surface area contributed by atoms with E-state index in [-0.39, 0.29) is 59.2 Å². The van der Waals surface area contributed by atoms with Crippen molar-refractivity contribution in [3.63, 3.8) is 0 Å². The van der Waals surface area contributed by atoms with Crippen LogP contribution in [0.25, 0.3) is 22.2 Å². The minimum Gasteiger partial charge on any atom is -0.479 e. The number of aliphatic hydroxyl groups is 1. The number of fused-ring (bicyclic) bond motifs is 5. The van der Waals surface area contributed by atoms with Crippen LogP contribution in [0.4, 0.5) is 16.0 Å². The molecule has 1 aliphatic carbocycles. The maximum Gasteiger partial charge on any atom is 0.386 e. The van der Waals surface area contributed by atoms with Gasteiger partial charge in [0.1, 0.15) is 47.7 Å². The second kappa shape index (κ2) is 11.8. The summed E-state index contributed by atoms with van der Waals surface area (Å²) in [6.07, 6.45) is -6.85. The molecule has 0 amide bonds. The van der Waals surface area contributed by atoms with Gasteiger partial charge >= 0.3 is 13.6 Å². The largest absolute Gasteiger partial charge is 0.479 e. The standard InChI is InChI=1S/C22H27FN10O9P2S2/c1-37-21-11-17(24)26-5-28-19(11)33(31-21)8-4-10-14(34)15(8)41-43(35,45)38-3-2-9-16(42-44(36,46)40-10)12(23)22(39-9)32-7-30-13-18(25)27-6-29-20(13)32/h5-10,12,14-16,22,34H,2-4H2,1H3,(H,35,45)(H,36,46)(H2,24,26,28)(H2,25,27,29)/t8-,9-,10+,12-,14-,15+,16-,22-,43?,44?/m1/s1. The lowest BCUT2D eigenvalue weighted by Crippen LogP contribution is -2.34. The highest BCUT2D eigenvalue weighted by Gasteiger charge is 2.54. The predicted molar refractivity (Wildman–Crippen MR) is 163 cm³/mol. The molecule has 248 valence electrons. The van der Waals surface area contributed by atoms with Crippen LogP contribution in [0.3, 0.4) is 0 Å². The number of nitrogens with zero attached hydrogens (tertiary/aromatic N) is 8. The van der Waals surface area contributed by atoms with Crippen LogP contribution in [-0.2, 0) is 32.0 Å². The summed E-state index contributed by atoms with van der Waals surface area (Å²) in [6, 6.07) is -0.967. The Hall–Kier alpha value is -2.65. The third kappa shape index (κ3) is 5.53. The van der Waals surface area contributed by atoms with E-state index in [0.717, 1.165) is 0 Å². The van der Waals surface area contributed by atoms with E-state index in [4.69, 9.17) is 39.0 Å². The highest BCUT2D eigenvalue weighted by atomic mass is 32.7. The molecule has 0 radical (unpaired) electrons. The van der Waals surface area contributed by atoms with Gasteiger partial charge in [0.05, 0.1) is 38.3 Å². The quantitative estimate of drug-likeness (QED) is 0.150. The minimum absolute atomic E-state index is 0.0718. The van der Waals surface area contributed by atoms with E-state index in [1.54, 1.807) is 0 Å². The molecule has 1 saturated carbocycles. The summed E-state index contributed by atoms with van der Waals surface area (Å²) in [5.74, 6) is 0.221. The Kier molecular flexibility index (Phi) is 8.19.